The van der Waals surface area contributed by atoms with E-state index in [2.05, 4.69) is 4.98 Å². The molecule has 1 spiro atoms. The standard InChI is InChI=1S/C18H18F2N2O2/c1-24-16(23)13-5-8-21-15-4-3-12(9-14(13)15)22-10-17(11-22)6-2-7-18(17,19)20/h3-5,8-9H,2,6-7,10-11H2,1H3. The van der Waals surface area contributed by atoms with Crippen LogP contribution in [0.2, 0.25) is 0 Å². The number of carbonyl (C=O) groups is 1. The highest BCUT2D eigenvalue weighted by atomic mass is 19.3. The molecular weight excluding hydrogens is 314 g/mol. The fourth-order valence-corrected chi connectivity index (χ4v) is 3.97. The summed E-state index contributed by atoms with van der Waals surface area (Å²) in [6, 6.07) is 7.14. The first-order valence-corrected chi connectivity index (χ1v) is 8.06. The zero-order chi connectivity index (χ0) is 16.9. The summed E-state index contributed by atoms with van der Waals surface area (Å²) in [6.45, 7) is 0.721. The van der Waals surface area contributed by atoms with Crippen molar-refractivity contribution in [3.63, 3.8) is 0 Å². The van der Waals surface area contributed by atoms with Gasteiger partial charge in [0.15, 0.2) is 0 Å². The van der Waals surface area contributed by atoms with E-state index in [1.807, 2.05) is 23.1 Å². The lowest BCUT2D eigenvalue weighted by atomic mass is 9.75. The van der Waals surface area contributed by atoms with Crippen LogP contribution in [-0.2, 0) is 4.74 Å². The van der Waals surface area contributed by atoms with Crippen molar-refractivity contribution in [2.24, 2.45) is 5.41 Å². The third-order valence-electron chi connectivity index (χ3n) is 5.40. The Morgan fingerprint density at radius 2 is 2.04 bits per heavy atom. The summed E-state index contributed by atoms with van der Waals surface area (Å²) in [7, 11) is 1.33. The molecule has 2 heterocycles. The molecule has 0 bridgehead atoms. The number of carbonyl (C=O) groups excluding carboxylic acids is 1. The molecular formula is C18H18F2N2O2. The lowest BCUT2D eigenvalue weighted by molar-refractivity contribution is -0.111. The van der Waals surface area contributed by atoms with Crippen molar-refractivity contribution in [2.45, 2.75) is 25.2 Å². The Morgan fingerprint density at radius 3 is 2.71 bits per heavy atom. The molecule has 1 aromatic heterocycles. The summed E-state index contributed by atoms with van der Waals surface area (Å²) in [5, 5.41) is 0.681. The molecule has 4 nitrogen and oxygen atoms in total. The lowest BCUT2D eigenvalue weighted by Gasteiger charge is -2.52. The van der Waals surface area contributed by atoms with Crippen LogP contribution in [0.3, 0.4) is 0 Å². The molecule has 1 aromatic carbocycles. The van der Waals surface area contributed by atoms with Crippen LogP contribution in [-0.4, -0.2) is 37.1 Å². The van der Waals surface area contributed by atoms with Crippen molar-refractivity contribution in [2.75, 3.05) is 25.1 Å². The van der Waals surface area contributed by atoms with Gasteiger partial charge in [-0.3, -0.25) is 4.98 Å². The second kappa shape index (κ2) is 5.13. The maximum atomic E-state index is 14.1. The third-order valence-corrected chi connectivity index (χ3v) is 5.40. The van der Waals surface area contributed by atoms with Crippen molar-refractivity contribution in [3.05, 3.63) is 36.0 Å². The Morgan fingerprint density at radius 1 is 1.25 bits per heavy atom. The summed E-state index contributed by atoms with van der Waals surface area (Å²) in [6.07, 6.45) is 2.73. The quantitative estimate of drug-likeness (QED) is 0.788. The van der Waals surface area contributed by atoms with Gasteiger partial charge < -0.3 is 9.64 Å². The molecule has 0 amide bonds. The Kier molecular flexibility index (Phi) is 3.27. The topological polar surface area (TPSA) is 42.4 Å². The Bertz CT molecular complexity index is 816. The molecule has 1 aliphatic heterocycles. The van der Waals surface area contributed by atoms with Crippen LogP contribution in [0.25, 0.3) is 10.9 Å². The number of methoxy groups -OCH3 is 1. The van der Waals surface area contributed by atoms with Gasteiger partial charge in [0.25, 0.3) is 5.92 Å². The number of halogens is 2. The molecule has 0 unspecified atom stereocenters. The molecule has 1 saturated heterocycles. The van der Waals surface area contributed by atoms with E-state index in [4.69, 9.17) is 4.74 Å². The number of hydrogen-bond acceptors (Lipinski definition) is 4. The maximum absolute atomic E-state index is 14.1. The van der Waals surface area contributed by atoms with Crippen LogP contribution < -0.4 is 4.90 Å². The van der Waals surface area contributed by atoms with Gasteiger partial charge in [0, 0.05) is 36.8 Å². The van der Waals surface area contributed by atoms with Gasteiger partial charge in [-0.1, -0.05) is 0 Å². The second-order valence-electron chi connectivity index (χ2n) is 6.75. The summed E-state index contributed by atoms with van der Waals surface area (Å²) >= 11 is 0. The molecule has 1 saturated carbocycles. The molecule has 0 atom stereocenters. The first-order valence-electron chi connectivity index (χ1n) is 8.06. The Hall–Kier alpha value is -2.24. The monoisotopic (exact) mass is 332 g/mol. The molecule has 4 rings (SSSR count). The number of fused-ring (bicyclic) bond motifs is 1. The highest BCUT2D eigenvalue weighted by Gasteiger charge is 2.62. The number of hydrogen-bond donors (Lipinski definition) is 0. The number of ether oxygens (including phenoxy) is 1. The average Bonchev–Trinajstić information content (AvgIpc) is 2.86. The Labute approximate surface area is 138 Å². The van der Waals surface area contributed by atoms with Gasteiger partial charge in [0.2, 0.25) is 0 Å². The highest BCUT2D eigenvalue weighted by Crippen LogP contribution is 2.56. The van der Waals surface area contributed by atoms with Crippen LogP contribution in [0.15, 0.2) is 30.5 Å². The number of anilines is 1. The predicted octanol–water partition coefficient (Wildman–Crippen LogP) is 3.65. The molecule has 2 aromatic rings. The number of aromatic nitrogens is 1. The van der Waals surface area contributed by atoms with E-state index >= 15 is 0 Å². The minimum absolute atomic E-state index is 0.00499. The van der Waals surface area contributed by atoms with Crippen LogP contribution in [0.1, 0.15) is 29.6 Å². The number of nitrogens with zero attached hydrogens (tertiary/aromatic N) is 2. The van der Waals surface area contributed by atoms with Crippen molar-refractivity contribution < 1.29 is 18.3 Å². The second-order valence-corrected chi connectivity index (χ2v) is 6.75. The zero-order valence-corrected chi connectivity index (χ0v) is 13.4. The zero-order valence-electron chi connectivity index (χ0n) is 13.4. The maximum Gasteiger partial charge on any atom is 0.338 e. The van der Waals surface area contributed by atoms with Gasteiger partial charge >= 0.3 is 5.97 Å². The van der Waals surface area contributed by atoms with Gasteiger partial charge in [-0.05, 0) is 37.1 Å². The van der Waals surface area contributed by atoms with E-state index in [1.165, 1.54) is 7.11 Å². The molecule has 0 N–H and O–H groups in total. The first kappa shape index (κ1) is 15.3. The van der Waals surface area contributed by atoms with Crippen LogP contribution in [0.4, 0.5) is 14.5 Å². The smallest absolute Gasteiger partial charge is 0.338 e. The van der Waals surface area contributed by atoms with Gasteiger partial charge in [-0.15, -0.1) is 0 Å². The molecule has 2 aliphatic rings. The Balaban J connectivity index is 1.66. The minimum atomic E-state index is -2.57. The fourth-order valence-electron chi connectivity index (χ4n) is 3.97. The van der Waals surface area contributed by atoms with Crippen LogP contribution in [0, 0.1) is 5.41 Å². The number of rotatable bonds is 2. The van der Waals surface area contributed by atoms with Crippen molar-refractivity contribution in [1.29, 1.82) is 0 Å². The lowest BCUT2D eigenvalue weighted by Crippen LogP contribution is -2.62. The largest absolute Gasteiger partial charge is 0.465 e. The summed E-state index contributed by atoms with van der Waals surface area (Å²) < 4.78 is 33.0. The van der Waals surface area contributed by atoms with E-state index in [9.17, 15) is 13.6 Å². The van der Waals surface area contributed by atoms with E-state index in [0.717, 1.165) is 5.69 Å². The molecule has 6 heteroatoms. The average molecular weight is 332 g/mol. The fraction of sp³-hybridized carbons (Fsp3) is 0.444. The van der Waals surface area contributed by atoms with Gasteiger partial charge in [0.05, 0.1) is 23.6 Å². The first-order chi connectivity index (χ1) is 11.5. The molecule has 2 fully saturated rings. The number of esters is 1. The van der Waals surface area contributed by atoms with Crippen LogP contribution in [0.5, 0.6) is 0 Å². The molecule has 126 valence electrons. The number of pyridine rings is 1. The third kappa shape index (κ3) is 2.08. The van der Waals surface area contributed by atoms with E-state index < -0.39 is 17.3 Å². The highest BCUT2D eigenvalue weighted by molar-refractivity contribution is 6.04. The van der Waals surface area contributed by atoms with E-state index in [1.54, 1.807) is 12.3 Å². The van der Waals surface area contributed by atoms with Crippen molar-refractivity contribution >= 4 is 22.6 Å². The summed E-state index contributed by atoms with van der Waals surface area (Å²) in [5.74, 6) is -3.00. The molecule has 1 aliphatic carbocycles. The molecule has 0 radical (unpaired) electrons. The van der Waals surface area contributed by atoms with Gasteiger partial charge in [-0.2, -0.15) is 0 Å². The summed E-state index contributed by atoms with van der Waals surface area (Å²) in [4.78, 5) is 18.1. The normalized spacial score (nSPS) is 21.0. The number of benzene rings is 1. The molecule has 24 heavy (non-hydrogen) atoms. The minimum Gasteiger partial charge on any atom is -0.465 e. The van der Waals surface area contributed by atoms with Crippen molar-refractivity contribution in [3.8, 4) is 0 Å². The van der Waals surface area contributed by atoms with E-state index in [-0.39, 0.29) is 6.42 Å². The van der Waals surface area contributed by atoms with Gasteiger partial charge in [-0.25, -0.2) is 13.6 Å². The van der Waals surface area contributed by atoms with Crippen LogP contribution >= 0.6 is 0 Å². The SMILES string of the molecule is COC(=O)c1ccnc2ccc(N3CC4(CCCC4(F)F)C3)cc12. The van der Waals surface area contributed by atoms with E-state index in [0.29, 0.717) is 42.4 Å². The predicted molar refractivity (Wildman–Crippen MR) is 86.5 cm³/mol. The van der Waals surface area contributed by atoms with Gasteiger partial charge in [0.1, 0.15) is 0 Å². The van der Waals surface area contributed by atoms with Crippen molar-refractivity contribution in [1.82, 2.24) is 4.98 Å². The summed E-state index contributed by atoms with van der Waals surface area (Å²) in [5.41, 5.74) is 1.09. The number of alkyl halides is 2.